The summed E-state index contributed by atoms with van der Waals surface area (Å²) in [4.78, 5) is 118. The molecule has 12 heterocycles. The Morgan fingerprint density at radius 2 is 0.702 bits per heavy atom. The van der Waals surface area contributed by atoms with E-state index >= 15 is 0 Å². The van der Waals surface area contributed by atoms with Crippen LogP contribution < -0.4 is 43.5 Å². The van der Waals surface area contributed by atoms with Gasteiger partial charge in [0.05, 0.1) is 76.7 Å². The number of nitrogens with one attached hydrogen (secondary N) is 8. The van der Waals surface area contributed by atoms with Crippen molar-refractivity contribution in [1.82, 2.24) is 98.0 Å². The summed E-state index contributed by atoms with van der Waals surface area (Å²) < 4.78 is 7.42. The lowest BCUT2D eigenvalue weighted by Crippen LogP contribution is -2.33. The summed E-state index contributed by atoms with van der Waals surface area (Å²) in [7, 11) is 0. The number of aromatic amines is 4. The number of nitrogens with zero attached hydrogens (tertiary/aromatic N) is 16. The van der Waals surface area contributed by atoms with Crippen LogP contribution in [0.4, 0.5) is 23.3 Å². The predicted molar refractivity (Wildman–Crippen MR) is 509 cm³/mol. The van der Waals surface area contributed by atoms with Crippen LogP contribution in [0.1, 0.15) is 140 Å². The number of hydrogen-bond acceptors (Lipinski definition) is 20. The molecule has 7 aromatic carbocycles. The Balaban J connectivity index is 0.000000134. The maximum absolute atomic E-state index is 13.8. The summed E-state index contributed by atoms with van der Waals surface area (Å²) in [6.07, 6.45) is 16.4. The molecule has 4 atom stereocenters. The lowest BCUT2D eigenvalue weighted by Gasteiger charge is -2.32. The van der Waals surface area contributed by atoms with Crippen LogP contribution in [0.25, 0.3) is 105 Å². The molecule has 0 spiro atoms. The molecule has 0 radical (unpaired) electrons. The van der Waals surface area contributed by atoms with E-state index in [0.717, 1.165) is 158 Å². The van der Waals surface area contributed by atoms with Crippen molar-refractivity contribution in [2.45, 2.75) is 125 Å². The molecule has 0 unspecified atom stereocenters. The van der Waals surface area contributed by atoms with Gasteiger partial charge in [0.2, 0.25) is 0 Å². The highest BCUT2D eigenvalue weighted by molar-refractivity contribution is 7.59. The fraction of sp³-hybridized carbons (Fsp3) is 0.204. The number of anilines is 4. The van der Waals surface area contributed by atoms with Gasteiger partial charge in [-0.1, -0.05) is 128 Å². The second-order valence-corrected chi connectivity index (χ2v) is 30.6. The van der Waals surface area contributed by atoms with Gasteiger partial charge in [-0.25, -0.2) is 59.8 Å². The second-order valence-electron chi connectivity index (χ2n) is 30.6. The number of benzene rings is 7. The van der Waals surface area contributed by atoms with E-state index in [4.69, 9.17) is 0 Å². The van der Waals surface area contributed by atoms with Gasteiger partial charge in [-0.15, -0.1) is 0 Å². The molecule has 1 aliphatic rings. The fourth-order valence-electron chi connectivity index (χ4n) is 16.3. The van der Waals surface area contributed by atoms with Crippen molar-refractivity contribution < 1.29 is 0 Å². The molecule has 0 bridgehead atoms. The molecule has 1 aliphatic carbocycles. The second kappa shape index (κ2) is 37.0. The number of pyridine rings is 4. The first-order valence-corrected chi connectivity index (χ1v) is 40.3. The number of hydrogen-bond donors (Lipinski definition) is 8. The Morgan fingerprint density at radius 3 is 1.11 bits per heavy atom. The Hall–Kier alpha value is -14.2. The van der Waals surface area contributed by atoms with Gasteiger partial charge < -0.3 is 45.8 Å². The maximum atomic E-state index is 13.8. The van der Waals surface area contributed by atoms with Gasteiger partial charge in [0, 0.05) is 40.2 Å². The van der Waals surface area contributed by atoms with Crippen molar-refractivity contribution in [2.24, 2.45) is 0 Å². The highest BCUT2D eigenvalue weighted by Gasteiger charge is 2.29. The van der Waals surface area contributed by atoms with E-state index in [-0.39, 0.29) is 92.9 Å². The first-order chi connectivity index (χ1) is 58.9. The van der Waals surface area contributed by atoms with Crippen molar-refractivity contribution >= 4 is 152 Å². The number of H-pyrrole nitrogens is 4. The molecule has 628 valence electrons. The van der Waals surface area contributed by atoms with E-state index in [1.807, 2.05) is 221 Å². The van der Waals surface area contributed by atoms with Gasteiger partial charge in [-0.2, -0.15) is 40.5 Å². The molecule has 0 amide bonds. The summed E-state index contributed by atoms with van der Waals surface area (Å²) >= 11 is 0. The van der Waals surface area contributed by atoms with Crippen LogP contribution in [0.5, 0.6) is 0 Å². The normalized spacial score (nSPS) is 12.8. The largest absolute Gasteiger partial charge is 0.360 e. The van der Waals surface area contributed by atoms with Crippen molar-refractivity contribution in [1.29, 1.82) is 0 Å². The number of rotatable bonds is 17. The van der Waals surface area contributed by atoms with E-state index < -0.39 is 0 Å². The first kappa shape index (κ1) is 86.2. The summed E-state index contributed by atoms with van der Waals surface area (Å²) in [5, 5.41) is 20.6. The summed E-state index contributed by atoms with van der Waals surface area (Å²) in [6, 6.07) is 57.5. The number of aromatic nitrogens is 20. The number of fused-ring (bicyclic) bond motifs is 8. The molecule has 19 aromatic rings. The Morgan fingerprint density at radius 1 is 0.355 bits per heavy atom. The smallest absolute Gasteiger partial charge is 0.263 e. The van der Waals surface area contributed by atoms with E-state index in [1.54, 1.807) is 29.9 Å². The van der Waals surface area contributed by atoms with Crippen LogP contribution in [0.15, 0.2) is 246 Å². The Bertz CT molecular complexity index is 7400. The zero-order chi connectivity index (χ0) is 83.7. The summed E-state index contributed by atoms with van der Waals surface area (Å²) in [5.41, 5.74) is 17.6. The molecule has 1 saturated carbocycles. The standard InChI is InChI=1S/C25H24N6O.C24H22N6O.C23H20N6O.C21H22N6O.3H2S/c1-4-19(30-24-22-23(27-13-26-22)28-14-29-24)20-12-17-9-6-8-16(3)21(17)25(32)31(20)18-10-5-7-15(2)11-18;1-14-7-4-5-10-18(14)30-19(11-17-9-6-8-15(2)20(17)24(30)31)16(3)29-23-21-22(26-12-25-21)27-13-28-23;1-14-7-6-8-16-11-18(29(23(30)19(14)16)17-9-4-3-5-10-17)15(2)28-22-20-21(25-12-24-20)26-13-27-22;1-12-5-3-6-14-9-16(27(15-7-4-8-15)21(28)17(12)14)13(2)26-20-18-19(23-10-22-18)24-11-25-20;;;/h5-14,19H,4H2,1-3H3,(H2,26,27,28,29,30);4-13,16H,1-3H3,(H2,25,26,27,28,29);3-13,15H,1-2H3,(H2,24,25,26,27,28);3,5-6,9-11,13,15H,4,7-8H2,1-2H3,(H2,22,23,24,25,26);3*1H2/t19-;16-;15-;13-;;;/m0000.../s1. The Kier molecular flexibility index (Phi) is 25.8. The monoisotopic (exact) mass is 1710 g/mol. The van der Waals surface area contributed by atoms with Crippen LogP contribution in [-0.2, 0) is 0 Å². The number of imidazole rings is 4. The SMILES string of the molecule is CC[C@H](Nc1ncnc2nc[nH]c12)c1cc2cccc(C)c2c(=O)n1-c1cccc(C)c1.Cc1cccc2cc([C@H](C)Nc3ncnc4nc[nH]c34)n(-c3ccccc3)c(=O)c12.Cc1cccc2cc([C@H](C)Nc3ncnc4nc[nH]c34)n(C3CCC3)c(=O)c12.Cc1ccccc1-n1c([C@H](C)Nc2ncnc3nc[nH]c23)cc2cccc(C)c2c1=O.S.S.S. The van der Waals surface area contributed by atoms with Crippen molar-refractivity contribution in [3.63, 3.8) is 0 Å². The molecule has 28 nitrogen and oxygen atoms in total. The Labute approximate surface area is 732 Å². The van der Waals surface area contributed by atoms with Gasteiger partial charge in [-0.05, 0) is 198 Å². The average Bonchev–Trinajstić information content (AvgIpc) is 1.03. The van der Waals surface area contributed by atoms with Gasteiger partial charge in [0.15, 0.2) is 45.9 Å². The van der Waals surface area contributed by atoms with E-state index in [1.165, 1.54) is 31.7 Å². The van der Waals surface area contributed by atoms with Crippen molar-refractivity contribution in [2.75, 3.05) is 21.3 Å². The van der Waals surface area contributed by atoms with Crippen LogP contribution in [0.2, 0.25) is 0 Å². The van der Waals surface area contributed by atoms with Gasteiger partial charge in [-0.3, -0.25) is 32.9 Å². The third-order valence-electron chi connectivity index (χ3n) is 22.6. The molecular formula is C93H94N24O4S3. The quantitative estimate of drug-likeness (QED) is 0.0420. The van der Waals surface area contributed by atoms with Gasteiger partial charge >= 0.3 is 0 Å². The molecule has 1 fully saturated rings. The highest BCUT2D eigenvalue weighted by atomic mass is 32.1. The molecule has 8 N–H and O–H groups in total. The predicted octanol–water partition coefficient (Wildman–Crippen LogP) is 17.6. The minimum Gasteiger partial charge on any atom is -0.360 e. The highest BCUT2D eigenvalue weighted by Crippen LogP contribution is 2.37. The zero-order valence-electron chi connectivity index (χ0n) is 69.9. The number of aryl methyl sites for hydroxylation is 6. The van der Waals surface area contributed by atoms with Crippen LogP contribution in [-0.4, -0.2) is 98.0 Å². The van der Waals surface area contributed by atoms with Crippen LogP contribution in [0, 0.1) is 41.5 Å². The molecular weight excluding hydrogens is 1610 g/mol. The molecule has 124 heavy (non-hydrogen) atoms. The minimum absolute atomic E-state index is 0. The third kappa shape index (κ3) is 16.8. The van der Waals surface area contributed by atoms with Gasteiger partial charge in [0.25, 0.3) is 22.2 Å². The van der Waals surface area contributed by atoms with Crippen LogP contribution in [0.3, 0.4) is 0 Å². The molecule has 0 aliphatic heterocycles. The van der Waals surface area contributed by atoms with E-state index in [9.17, 15) is 19.2 Å². The first-order valence-electron chi connectivity index (χ1n) is 40.3. The summed E-state index contributed by atoms with van der Waals surface area (Å²) in [6.45, 7) is 20.2. The maximum Gasteiger partial charge on any atom is 0.263 e. The van der Waals surface area contributed by atoms with Crippen molar-refractivity contribution in [3.05, 3.63) is 324 Å². The summed E-state index contributed by atoms with van der Waals surface area (Å²) in [5.74, 6) is 2.63. The number of para-hydroxylation sites is 2. The zero-order valence-corrected chi connectivity index (χ0v) is 72.9. The fourth-order valence-corrected chi connectivity index (χ4v) is 16.3. The molecule has 12 aromatic heterocycles. The van der Waals surface area contributed by atoms with E-state index in [2.05, 4.69) is 139 Å². The van der Waals surface area contributed by atoms with E-state index in [0.29, 0.717) is 45.9 Å². The molecule has 31 heteroatoms. The minimum atomic E-state index is -0.210. The lowest BCUT2D eigenvalue weighted by molar-refractivity contribution is 0.298. The molecule has 20 rings (SSSR count). The van der Waals surface area contributed by atoms with Crippen LogP contribution >= 0.6 is 40.5 Å². The third-order valence-corrected chi connectivity index (χ3v) is 22.6. The molecule has 0 saturated heterocycles. The lowest BCUT2D eigenvalue weighted by atomic mass is 9.91. The van der Waals surface area contributed by atoms with Crippen molar-refractivity contribution in [3.8, 4) is 17.1 Å². The average molecular weight is 1710 g/mol. The topological polar surface area (TPSA) is 354 Å². The van der Waals surface area contributed by atoms with Gasteiger partial charge in [0.1, 0.15) is 47.4 Å².